The Balaban J connectivity index is 1.58. The van der Waals surface area contributed by atoms with Gasteiger partial charge in [0.1, 0.15) is 11.5 Å². The zero-order valence-electron chi connectivity index (χ0n) is 17.7. The molecule has 0 atom stereocenters. The molecule has 152 valence electrons. The molecule has 0 unspecified atom stereocenters. The highest BCUT2D eigenvalue weighted by molar-refractivity contribution is 5.38. The number of nitrogens with zero attached hydrogens (tertiary/aromatic N) is 2. The summed E-state index contributed by atoms with van der Waals surface area (Å²) in [7, 11) is 0. The second kappa shape index (κ2) is 8.97. The van der Waals surface area contributed by atoms with E-state index in [1.54, 1.807) is 0 Å². The first-order valence-electron chi connectivity index (χ1n) is 10.4. The Bertz CT molecular complexity index is 726. The summed E-state index contributed by atoms with van der Waals surface area (Å²) in [5.74, 6) is 1.71. The van der Waals surface area contributed by atoms with E-state index in [1.807, 2.05) is 24.3 Å². The van der Waals surface area contributed by atoms with Crippen LogP contribution in [0.15, 0.2) is 36.4 Å². The fourth-order valence-electron chi connectivity index (χ4n) is 3.77. The van der Waals surface area contributed by atoms with Gasteiger partial charge in [-0.2, -0.15) is 0 Å². The number of aromatic hydroxyl groups is 2. The number of hydrogen-bond acceptors (Lipinski definition) is 4. The van der Waals surface area contributed by atoms with Gasteiger partial charge in [-0.05, 0) is 35.1 Å². The molecule has 0 aromatic heterocycles. The summed E-state index contributed by atoms with van der Waals surface area (Å²) in [6.45, 7) is 14.2. The molecular formula is C24H34N2O2. The van der Waals surface area contributed by atoms with E-state index in [0.29, 0.717) is 23.3 Å². The maximum atomic E-state index is 10.2. The lowest BCUT2D eigenvalue weighted by Gasteiger charge is -2.35. The van der Waals surface area contributed by atoms with Gasteiger partial charge in [-0.15, -0.1) is 0 Å². The monoisotopic (exact) mass is 382 g/mol. The second-order valence-electron chi connectivity index (χ2n) is 8.64. The summed E-state index contributed by atoms with van der Waals surface area (Å²) in [4.78, 5) is 4.81. The Morgan fingerprint density at radius 3 is 1.36 bits per heavy atom. The van der Waals surface area contributed by atoms with E-state index in [1.165, 1.54) is 11.1 Å². The van der Waals surface area contributed by atoms with E-state index < -0.39 is 0 Å². The van der Waals surface area contributed by atoms with Gasteiger partial charge in [-0.25, -0.2) is 0 Å². The van der Waals surface area contributed by atoms with Gasteiger partial charge in [0.15, 0.2) is 0 Å². The molecule has 2 aromatic rings. The van der Waals surface area contributed by atoms with Gasteiger partial charge >= 0.3 is 0 Å². The van der Waals surface area contributed by atoms with Crippen molar-refractivity contribution in [3.05, 3.63) is 58.7 Å². The molecule has 0 aliphatic carbocycles. The molecule has 2 N–H and O–H groups in total. The normalized spacial score (nSPS) is 16.2. The molecule has 0 bridgehead atoms. The second-order valence-corrected chi connectivity index (χ2v) is 8.64. The maximum absolute atomic E-state index is 10.2. The van der Waals surface area contributed by atoms with Gasteiger partial charge in [0.25, 0.3) is 0 Å². The van der Waals surface area contributed by atoms with E-state index >= 15 is 0 Å². The molecule has 0 radical (unpaired) electrons. The van der Waals surface area contributed by atoms with Crippen LogP contribution in [0.5, 0.6) is 11.5 Å². The van der Waals surface area contributed by atoms with Crippen molar-refractivity contribution in [2.45, 2.75) is 52.6 Å². The van der Waals surface area contributed by atoms with Crippen molar-refractivity contribution >= 4 is 0 Å². The molecule has 1 saturated heterocycles. The average Bonchev–Trinajstić information content (AvgIpc) is 2.66. The molecule has 2 aromatic carbocycles. The van der Waals surface area contributed by atoms with Gasteiger partial charge < -0.3 is 10.2 Å². The first-order chi connectivity index (χ1) is 13.3. The standard InChI is InChI=1S/C24H34N2O2/c1-17(2)19-5-7-23(27)21(13-19)15-25-9-11-26(12-10-25)16-22-14-20(18(3)4)6-8-24(22)28/h5-8,13-14,17-18,27-28H,9-12,15-16H2,1-4H3. The van der Waals surface area contributed by atoms with E-state index in [9.17, 15) is 10.2 Å². The van der Waals surface area contributed by atoms with Crippen LogP contribution in [0.4, 0.5) is 0 Å². The maximum Gasteiger partial charge on any atom is 0.120 e. The molecule has 0 spiro atoms. The van der Waals surface area contributed by atoms with Crippen LogP contribution in [-0.2, 0) is 13.1 Å². The summed E-state index contributed by atoms with van der Waals surface area (Å²) in [5.41, 5.74) is 4.57. The average molecular weight is 383 g/mol. The van der Waals surface area contributed by atoms with Crippen molar-refractivity contribution < 1.29 is 10.2 Å². The molecule has 1 fully saturated rings. The molecule has 1 aliphatic rings. The third-order valence-corrected chi connectivity index (χ3v) is 5.79. The summed E-state index contributed by atoms with van der Waals surface area (Å²) in [6.07, 6.45) is 0. The van der Waals surface area contributed by atoms with Crippen molar-refractivity contribution in [3.63, 3.8) is 0 Å². The van der Waals surface area contributed by atoms with Crippen LogP contribution >= 0.6 is 0 Å². The van der Waals surface area contributed by atoms with Gasteiger partial charge in [-0.1, -0.05) is 52.0 Å². The summed E-state index contributed by atoms with van der Waals surface area (Å²) < 4.78 is 0. The first kappa shape index (κ1) is 20.7. The van der Waals surface area contributed by atoms with E-state index in [-0.39, 0.29) is 0 Å². The zero-order valence-corrected chi connectivity index (χ0v) is 17.7. The fourth-order valence-corrected chi connectivity index (χ4v) is 3.77. The molecular weight excluding hydrogens is 348 g/mol. The molecule has 3 rings (SSSR count). The number of phenols is 2. The number of rotatable bonds is 6. The highest BCUT2D eigenvalue weighted by Crippen LogP contribution is 2.27. The van der Waals surface area contributed by atoms with Crippen LogP contribution < -0.4 is 0 Å². The third-order valence-electron chi connectivity index (χ3n) is 5.79. The molecule has 28 heavy (non-hydrogen) atoms. The van der Waals surface area contributed by atoms with Crippen LogP contribution in [0.1, 0.15) is 61.8 Å². The van der Waals surface area contributed by atoms with Gasteiger partial charge in [0.2, 0.25) is 0 Å². The minimum absolute atomic E-state index is 0.391. The van der Waals surface area contributed by atoms with Crippen LogP contribution in [0.25, 0.3) is 0 Å². The summed E-state index contributed by atoms with van der Waals surface area (Å²) in [5, 5.41) is 20.5. The minimum atomic E-state index is 0.391. The van der Waals surface area contributed by atoms with Gasteiger partial charge in [0.05, 0.1) is 0 Å². The number of hydrogen-bond donors (Lipinski definition) is 2. The smallest absolute Gasteiger partial charge is 0.120 e. The summed E-state index contributed by atoms with van der Waals surface area (Å²) >= 11 is 0. The van der Waals surface area contributed by atoms with Gasteiger partial charge in [0, 0.05) is 50.4 Å². The van der Waals surface area contributed by atoms with Crippen LogP contribution in [0.3, 0.4) is 0 Å². The lowest BCUT2D eigenvalue weighted by atomic mass is 9.99. The molecule has 1 heterocycles. The highest BCUT2D eigenvalue weighted by Gasteiger charge is 2.19. The quantitative estimate of drug-likeness (QED) is 0.763. The summed E-state index contributed by atoms with van der Waals surface area (Å²) in [6, 6.07) is 12.0. The van der Waals surface area contributed by atoms with E-state index in [2.05, 4.69) is 49.6 Å². The van der Waals surface area contributed by atoms with Crippen LogP contribution in [0, 0.1) is 0 Å². The van der Waals surface area contributed by atoms with E-state index in [0.717, 1.165) is 50.4 Å². The molecule has 4 nitrogen and oxygen atoms in total. The SMILES string of the molecule is CC(C)c1ccc(O)c(CN2CCN(Cc3cc(C(C)C)ccc3O)CC2)c1. The zero-order chi connectivity index (χ0) is 20.3. The van der Waals surface area contributed by atoms with E-state index in [4.69, 9.17) is 0 Å². The lowest BCUT2D eigenvalue weighted by Crippen LogP contribution is -2.45. The Morgan fingerprint density at radius 2 is 1.04 bits per heavy atom. The Hall–Kier alpha value is -2.04. The number of phenolic OH excluding ortho intramolecular Hbond substituents is 2. The fraction of sp³-hybridized carbons (Fsp3) is 0.500. The lowest BCUT2D eigenvalue weighted by molar-refractivity contribution is 0.120. The van der Waals surface area contributed by atoms with Crippen molar-refractivity contribution in [2.24, 2.45) is 0 Å². The predicted molar refractivity (Wildman–Crippen MR) is 115 cm³/mol. The molecule has 4 heteroatoms. The number of piperazine rings is 1. The van der Waals surface area contributed by atoms with Crippen molar-refractivity contribution in [3.8, 4) is 11.5 Å². The Kier molecular flexibility index (Phi) is 6.63. The number of benzene rings is 2. The molecule has 1 aliphatic heterocycles. The first-order valence-corrected chi connectivity index (χ1v) is 10.4. The van der Waals surface area contributed by atoms with Crippen molar-refractivity contribution in [2.75, 3.05) is 26.2 Å². The topological polar surface area (TPSA) is 46.9 Å². The largest absolute Gasteiger partial charge is 0.508 e. The molecule has 0 saturated carbocycles. The van der Waals surface area contributed by atoms with Crippen LogP contribution in [0.2, 0.25) is 0 Å². The van der Waals surface area contributed by atoms with Crippen LogP contribution in [-0.4, -0.2) is 46.2 Å². The van der Waals surface area contributed by atoms with Crippen molar-refractivity contribution in [1.29, 1.82) is 0 Å². The Morgan fingerprint density at radius 1 is 0.679 bits per heavy atom. The van der Waals surface area contributed by atoms with Crippen molar-refractivity contribution in [1.82, 2.24) is 9.80 Å². The minimum Gasteiger partial charge on any atom is -0.508 e. The Labute approximate surface area is 169 Å². The van der Waals surface area contributed by atoms with Gasteiger partial charge in [-0.3, -0.25) is 9.80 Å². The molecule has 0 amide bonds. The third kappa shape index (κ3) is 5.06. The highest BCUT2D eigenvalue weighted by atomic mass is 16.3. The predicted octanol–water partition coefficient (Wildman–Crippen LogP) is 4.66.